The van der Waals surface area contributed by atoms with Crippen molar-refractivity contribution in [2.24, 2.45) is 0 Å². The van der Waals surface area contributed by atoms with Gasteiger partial charge in [0.15, 0.2) is 5.82 Å². The van der Waals surface area contributed by atoms with Crippen molar-refractivity contribution in [1.29, 1.82) is 0 Å². The summed E-state index contributed by atoms with van der Waals surface area (Å²) in [5.74, 6) is 1.43. The summed E-state index contributed by atoms with van der Waals surface area (Å²) in [7, 11) is 0. The van der Waals surface area contributed by atoms with Gasteiger partial charge in [-0.25, -0.2) is 15.0 Å². The van der Waals surface area contributed by atoms with Crippen LogP contribution in [0.5, 0.6) is 0 Å². The standard InChI is InChI=1S/C29H31F3N6O/c1-17(2)20-7-9-22(10-8-20)35-28-27-24(36-25(37-28)16-38-14-18(3)39-19(4)15-38)12-21(13-34-27)26-23(29(30,31)32)6-5-11-33-26/h5-13,17-19H,14-16H2,1-4H3,(H,35,36,37)/t18-,19+. The fourth-order valence-electron chi connectivity index (χ4n) is 4.92. The van der Waals surface area contributed by atoms with Crippen LogP contribution in [-0.4, -0.2) is 50.1 Å². The molecule has 0 aliphatic carbocycles. The van der Waals surface area contributed by atoms with E-state index in [2.05, 4.69) is 46.2 Å². The molecule has 4 heterocycles. The molecule has 10 heteroatoms. The van der Waals surface area contributed by atoms with E-state index in [1.807, 2.05) is 26.0 Å². The molecular formula is C29H31F3N6O. The van der Waals surface area contributed by atoms with Crippen LogP contribution in [-0.2, 0) is 17.5 Å². The Morgan fingerprint density at radius 1 is 1.03 bits per heavy atom. The average Bonchev–Trinajstić information content (AvgIpc) is 2.87. The van der Waals surface area contributed by atoms with Gasteiger partial charge in [0.05, 0.1) is 35.5 Å². The van der Waals surface area contributed by atoms with E-state index >= 15 is 0 Å². The molecule has 0 saturated carbocycles. The molecule has 7 nitrogen and oxygen atoms in total. The average molecular weight is 537 g/mol. The molecule has 0 spiro atoms. The number of pyridine rings is 2. The van der Waals surface area contributed by atoms with Gasteiger partial charge < -0.3 is 10.1 Å². The number of benzene rings is 1. The molecule has 5 rings (SSSR count). The summed E-state index contributed by atoms with van der Waals surface area (Å²) in [6, 6.07) is 12.0. The number of fused-ring (bicyclic) bond motifs is 1. The van der Waals surface area contributed by atoms with Crippen LogP contribution in [0, 0.1) is 0 Å². The van der Waals surface area contributed by atoms with E-state index in [1.54, 1.807) is 6.07 Å². The molecular weight excluding hydrogens is 505 g/mol. The van der Waals surface area contributed by atoms with Gasteiger partial charge in [0, 0.05) is 36.7 Å². The third-order valence-electron chi connectivity index (χ3n) is 6.67. The predicted molar refractivity (Wildman–Crippen MR) is 145 cm³/mol. The van der Waals surface area contributed by atoms with Crippen LogP contribution in [0.2, 0.25) is 0 Å². The first-order valence-electron chi connectivity index (χ1n) is 13.0. The van der Waals surface area contributed by atoms with Gasteiger partial charge in [-0.1, -0.05) is 26.0 Å². The fourth-order valence-corrected chi connectivity index (χ4v) is 4.92. The monoisotopic (exact) mass is 536 g/mol. The van der Waals surface area contributed by atoms with Crippen LogP contribution in [0.4, 0.5) is 24.7 Å². The fraction of sp³-hybridized carbons (Fsp3) is 0.379. The Bertz CT molecular complexity index is 1450. The number of rotatable bonds is 6. The summed E-state index contributed by atoms with van der Waals surface area (Å²) < 4.78 is 47.0. The highest BCUT2D eigenvalue weighted by molar-refractivity contribution is 5.89. The minimum atomic E-state index is -4.55. The van der Waals surface area contributed by atoms with E-state index in [1.165, 1.54) is 24.0 Å². The molecule has 0 amide bonds. The zero-order valence-electron chi connectivity index (χ0n) is 22.3. The van der Waals surface area contributed by atoms with Crippen molar-refractivity contribution in [3.8, 4) is 11.3 Å². The number of aromatic nitrogens is 4. The second kappa shape index (κ2) is 10.9. The number of nitrogens with zero attached hydrogens (tertiary/aromatic N) is 5. The van der Waals surface area contributed by atoms with E-state index in [-0.39, 0.29) is 23.5 Å². The Morgan fingerprint density at radius 2 is 1.74 bits per heavy atom. The Labute approximate surface area is 225 Å². The quantitative estimate of drug-likeness (QED) is 0.298. The summed E-state index contributed by atoms with van der Waals surface area (Å²) >= 11 is 0. The lowest BCUT2D eigenvalue weighted by molar-refractivity contribution is -0.137. The minimum absolute atomic E-state index is 0.0736. The number of nitrogens with one attached hydrogen (secondary N) is 1. The Morgan fingerprint density at radius 3 is 2.41 bits per heavy atom. The lowest BCUT2D eigenvalue weighted by Gasteiger charge is -2.34. The molecule has 4 aromatic rings. The number of morpholine rings is 1. The van der Waals surface area contributed by atoms with Crippen LogP contribution in [0.15, 0.2) is 54.9 Å². The number of hydrogen-bond donors (Lipinski definition) is 1. The first kappa shape index (κ1) is 27.0. The van der Waals surface area contributed by atoms with Crippen molar-refractivity contribution in [3.63, 3.8) is 0 Å². The van der Waals surface area contributed by atoms with E-state index in [0.717, 1.165) is 24.8 Å². The van der Waals surface area contributed by atoms with Crippen LogP contribution in [0.25, 0.3) is 22.3 Å². The maximum Gasteiger partial charge on any atom is 0.418 e. The van der Waals surface area contributed by atoms with Crippen LogP contribution in [0.3, 0.4) is 0 Å². The van der Waals surface area contributed by atoms with Gasteiger partial charge in [-0.3, -0.25) is 9.88 Å². The van der Waals surface area contributed by atoms with E-state index < -0.39 is 11.7 Å². The zero-order chi connectivity index (χ0) is 27.7. The molecule has 0 bridgehead atoms. The number of halogens is 3. The first-order chi connectivity index (χ1) is 18.6. The van der Waals surface area contributed by atoms with Crippen molar-refractivity contribution in [2.45, 2.75) is 58.5 Å². The Kier molecular flexibility index (Phi) is 7.51. The third-order valence-corrected chi connectivity index (χ3v) is 6.67. The topological polar surface area (TPSA) is 76.1 Å². The highest BCUT2D eigenvalue weighted by Crippen LogP contribution is 2.36. The molecule has 39 heavy (non-hydrogen) atoms. The molecule has 1 N–H and O–H groups in total. The van der Waals surface area contributed by atoms with Crippen molar-refractivity contribution in [2.75, 3.05) is 18.4 Å². The lowest BCUT2D eigenvalue weighted by Crippen LogP contribution is -2.45. The van der Waals surface area contributed by atoms with Gasteiger partial charge in [-0.15, -0.1) is 0 Å². The highest BCUT2D eigenvalue weighted by Gasteiger charge is 2.34. The molecule has 2 atom stereocenters. The van der Waals surface area contributed by atoms with Crippen molar-refractivity contribution in [1.82, 2.24) is 24.8 Å². The smallest absolute Gasteiger partial charge is 0.373 e. The van der Waals surface area contributed by atoms with Gasteiger partial charge in [-0.2, -0.15) is 13.2 Å². The normalized spacial score (nSPS) is 18.6. The Balaban J connectivity index is 1.57. The summed E-state index contributed by atoms with van der Waals surface area (Å²) in [6.45, 7) is 10.2. The van der Waals surface area contributed by atoms with Crippen molar-refractivity contribution < 1.29 is 17.9 Å². The van der Waals surface area contributed by atoms with Gasteiger partial charge >= 0.3 is 6.18 Å². The summed E-state index contributed by atoms with van der Waals surface area (Å²) in [6.07, 6.45) is -1.67. The van der Waals surface area contributed by atoms with Crippen LogP contribution in [0.1, 0.15) is 50.6 Å². The number of ether oxygens (including phenoxy) is 1. The molecule has 1 aliphatic rings. The van der Waals surface area contributed by atoms with Crippen LogP contribution < -0.4 is 5.32 Å². The predicted octanol–water partition coefficient (Wildman–Crippen LogP) is 6.58. The second-order valence-electron chi connectivity index (χ2n) is 10.3. The largest absolute Gasteiger partial charge is 0.418 e. The van der Waals surface area contributed by atoms with Gasteiger partial charge in [0.1, 0.15) is 11.3 Å². The summed E-state index contributed by atoms with van der Waals surface area (Å²) in [5.41, 5.74) is 2.17. The third kappa shape index (κ3) is 6.17. The van der Waals surface area contributed by atoms with Crippen molar-refractivity contribution in [3.05, 3.63) is 71.8 Å². The summed E-state index contributed by atoms with van der Waals surface area (Å²) in [5, 5.41) is 3.35. The lowest BCUT2D eigenvalue weighted by atomic mass is 10.0. The van der Waals surface area contributed by atoms with Gasteiger partial charge in [-0.05, 0) is 55.7 Å². The molecule has 1 aliphatic heterocycles. The molecule has 1 fully saturated rings. The molecule has 1 aromatic carbocycles. The van der Waals surface area contributed by atoms with Crippen LogP contribution >= 0.6 is 0 Å². The minimum Gasteiger partial charge on any atom is -0.373 e. The maximum atomic E-state index is 13.7. The van der Waals surface area contributed by atoms with Crippen molar-refractivity contribution >= 4 is 22.5 Å². The van der Waals surface area contributed by atoms with E-state index in [4.69, 9.17) is 14.7 Å². The number of anilines is 2. The molecule has 1 saturated heterocycles. The first-order valence-corrected chi connectivity index (χ1v) is 13.0. The number of alkyl halides is 3. The molecule has 3 aromatic heterocycles. The second-order valence-corrected chi connectivity index (χ2v) is 10.3. The summed E-state index contributed by atoms with van der Waals surface area (Å²) in [4.78, 5) is 20.3. The molecule has 204 valence electrons. The maximum absolute atomic E-state index is 13.7. The van der Waals surface area contributed by atoms with Gasteiger partial charge in [0.25, 0.3) is 0 Å². The highest BCUT2D eigenvalue weighted by atomic mass is 19.4. The Hall–Kier alpha value is -3.63. The number of hydrogen-bond acceptors (Lipinski definition) is 7. The zero-order valence-corrected chi connectivity index (χ0v) is 22.3. The molecule has 0 radical (unpaired) electrons. The molecule has 0 unspecified atom stereocenters. The van der Waals surface area contributed by atoms with E-state index in [0.29, 0.717) is 35.1 Å². The van der Waals surface area contributed by atoms with E-state index in [9.17, 15) is 13.2 Å². The van der Waals surface area contributed by atoms with Gasteiger partial charge in [0.2, 0.25) is 0 Å². The SMILES string of the molecule is CC(C)c1ccc(Nc2nc(CN3C[C@@H](C)O[C@@H](C)C3)nc3cc(-c4ncccc4C(F)(F)F)cnc23)cc1.